The van der Waals surface area contributed by atoms with Crippen molar-refractivity contribution in [2.75, 3.05) is 6.61 Å². The summed E-state index contributed by atoms with van der Waals surface area (Å²) in [6.07, 6.45) is 2.23. The molecule has 0 saturated carbocycles. The molecule has 0 aliphatic rings. The maximum atomic E-state index is 11.2. The fraction of sp³-hybridized carbons (Fsp3) is 0.750. The van der Waals surface area contributed by atoms with E-state index in [0.29, 0.717) is 12.2 Å². The zero-order valence-corrected chi connectivity index (χ0v) is 12.4. The van der Waals surface area contributed by atoms with Crippen LogP contribution in [0.4, 0.5) is 0 Å². The Labute approximate surface area is 105 Å². The van der Waals surface area contributed by atoms with Gasteiger partial charge in [-0.1, -0.05) is 33.3 Å². The van der Waals surface area contributed by atoms with Crippen LogP contribution in [0.3, 0.4) is 0 Å². The van der Waals surface area contributed by atoms with E-state index in [-0.39, 0.29) is 5.97 Å². The Morgan fingerprint density at radius 1 is 1.25 bits per heavy atom. The molecule has 0 aliphatic carbocycles. The summed E-state index contributed by atoms with van der Waals surface area (Å²) in [6.45, 7) is 9.96. The molecule has 16 heavy (non-hydrogen) atoms. The molecule has 2 nitrogen and oxygen atoms in total. The summed E-state index contributed by atoms with van der Waals surface area (Å²) in [5.41, 5.74) is 0.452. The lowest BCUT2D eigenvalue weighted by atomic mass is 10.4. The number of carbonyl (C=O) groups excluding carboxylic acids is 1. The quantitative estimate of drug-likeness (QED) is 0.285. The van der Waals surface area contributed by atoms with Crippen LogP contribution in [0.1, 0.15) is 33.6 Å². The Hall–Kier alpha value is -0.283. The standard InChI is InChI=1S/C12H23ClO2Si/c1-5-8-16(13,9-6-2)10-7-15-12(14)11(3)4/h3,5-10H2,1-2,4H3. The number of carbonyl (C=O) groups is 1. The smallest absolute Gasteiger partial charge is 0.333 e. The van der Waals surface area contributed by atoms with Gasteiger partial charge in [0, 0.05) is 5.57 Å². The number of rotatable bonds is 8. The fourth-order valence-corrected chi connectivity index (χ4v) is 6.10. The highest BCUT2D eigenvalue weighted by atomic mass is 35.6. The first-order valence-electron chi connectivity index (χ1n) is 5.96. The molecule has 0 heterocycles. The van der Waals surface area contributed by atoms with Gasteiger partial charge in [0.1, 0.15) is 0 Å². The van der Waals surface area contributed by atoms with Gasteiger partial charge >= 0.3 is 5.97 Å². The van der Waals surface area contributed by atoms with Gasteiger partial charge < -0.3 is 4.74 Å². The maximum absolute atomic E-state index is 11.2. The SMILES string of the molecule is C=C(C)C(=O)OCC[Si](Cl)(CCC)CCC. The van der Waals surface area contributed by atoms with E-state index in [1.807, 2.05) is 0 Å². The van der Waals surface area contributed by atoms with E-state index in [2.05, 4.69) is 20.4 Å². The van der Waals surface area contributed by atoms with Crippen LogP contribution >= 0.6 is 11.1 Å². The molecule has 0 radical (unpaired) electrons. The summed E-state index contributed by atoms with van der Waals surface area (Å²) in [4.78, 5) is 11.2. The molecule has 94 valence electrons. The van der Waals surface area contributed by atoms with Crippen molar-refractivity contribution < 1.29 is 9.53 Å². The Morgan fingerprint density at radius 2 is 1.75 bits per heavy atom. The lowest BCUT2D eigenvalue weighted by Gasteiger charge is -2.23. The zero-order valence-electron chi connectivity index (χ0n) is 10.6. The topological polar surface area (TPSA) is 26.3 Å². The van der Waals surface area contributed by atoms with E-state index >= 15 is 0 Å². The van der Waals surface area contributed by atoms with Gasteiger partial charge in [-0.25, -0.2) is 4.79 Å². The number of esters is 1. The summed E-state index contributed by atoms with van der Waals surface area (Å²) in [6, 6.07) is 3.06. The van der Waals surface area contributed by atoms with Gasteiger partial charge in [0.2, 0.25) is 0 Å². The van der Waals surface area contributed by atoms with Gasteiger partial charge in [0.05, 0.1) is 6.61 Å². The first-order chi connectivity index (χ1) is 7.45. The molecule has 0 aromatic carbocycles. The molecular formula is C12H23ClO2Si. The van der Waals surface area contributed by atoms with Gasteiger partial charge in [0.15, 0.2) is 7.38 Å². The number of halogens is 1. The summed E-state index contributed by atoms with van der Waals surface area (Å²) < 4.78 is 5.10. The van der Waals surface area contributed by atoms with E-state index in [1.54, 1.807) is 6.92 Å². The predicted molar refractivity (Wildman–Crippen MR) is 72.4 cm³/mol. The predicted octanol–water partition coefficient (Wildman–Crippen LogP) is 4.11. The van der Waals surface area contributed by atoms with Crippen molar-refractivity contribution in [3.8, 4) is 0 Å². The Bertz CT molecular complexity index is 235. The average molecular weight is 263 g/mol. The van der Waals surface area contributed by atoms with E-state index < -0.39 is 7.38 Å². The number of hydrogen-bond acceptors (Lipinski definition) is 2. The molecule has 0 atom stereocenters. The molecule has 0 spiro atoms. The van der Waals surface area contributed by atoms with Crippen LogP contribution < -0.4 is 0 Å². The third kappa shape index (κ3) is 6.33. The Kier molecular flexibility index (Phi) is 7.76. The minimum atomic E-state index is -1.69. The van der Waals surface area contributed by atoms with Gasteiger partial charge in [-0.15, -0.1) is 0 Å². The van der Waals surface area contributed by atoms with Crippen LogP contribution in [-0.4, -0.2) is 20.0 Å². The zero-order chi connectivity index (χ0) is 12.6. The molecule has 0 bridgehead atoms. The molecule has 4 heteroatoms. The second kappa shape index (κ2) is 7.90. The van der Waals surface area contributed by atoms with E-state index in [0.717, 1.165) is 31.0 Å². The molecule has 0 aromatic heterocycles. The van der Waals surface area contributed by atoms with Crippen LogP contribution in [0.15, 0.2) is 12.2 Å². The lowest BCUT2D eigenvalue weighted by molar-refractivity contribution is -0.138. The van der Waals surface area contributed by atoms with Crippen LogP contribution in [0.5, 0.6) is 0 Å². The average Bonchev–Trinajstić information content (AvgIpc) is 2.17. The highest BCUT2D eigenvalue weighted by Crippen LogP contribution is 2.28. The van der Waals surface area contributed by atoms with Crippen LogP contribution in [0.25, 0.3) is 0 Å². The van der Waals surface area contributed by atoms with Crippen molar-refractivity contribution in [1.82, 2.24) is 0 Å². The summed E-state index contributed by atoms with van der Waals surface area (Å²) in [5, 5.41) is 0. The van der Waals surface area contributed by atoms with E-state index in [9.17, 15) is 4.79 Å². The van der Waals surface area contributed by atoms with Crippen LogP contribution in [0, 0.1) is 0 Å². The summed E-state index contributed by atoms with van der Waals surface area (Å²) >= 11 is 6.63. The summed E-state index contributed by atoms with van der Waals surface area (Å²) in [7, 11) is -1.69. The Morgan fingerprint density at radius 3 is 2.12 bits per heavy atom. The van der Waals surface area contributed by atoms with Gasteiger partial charge in [-0.05, 0) is 25.1 Å². The minimum Gasteiger partial charge on any atom is -0.463 e. The Balaban J connectivity index is 4.02. The lowest BCUT2D eigenvalue weighted by Crippen LogP contribution is -2.28. The van der Waals surface area contributed by atoms with Gasteiger partial charge in [-0.2, -0.15) is 11.1 Å². The molecule has 0 amide bonds. The third-order valence-corrected chi connectivity index (χ3v) is 8.12. The highest BCUT2D eigenvalue weighted by Gasteiger charge is 2.28. The number of hydrogen-bond donors (Lipinski definition) is 0. The van der Waals surface area contributed by atoms with Crippen molar-refractivity contribution >= 4 is 24.4 Å². The largest absolute Gasteiger partial charge is 0.463 e. The first-order valence-corrected chi connectivity index (χ1v) is 9.60. The maximum Gasteiger partial charge on any atom is 0.333 e. The van der Waals surface area contributed by atoms with Gasteiger partial charge in [-0.3, -0.25) is 0 Å². The first kappa shape index (κ1) is 15.7. The molecule has 0 fully saturated rings. The van der Waals surface area contributed by atoms with Gasteiger partial charge in [0.25, 0.3) is 0 Å². The molecule has 0 unspecified atom stereocenters. The van der Waals surface area contributed by atoms with Crippen LogP contribution in [-0.2, 0) is 9.53 Å². The molecular weight excluding hydrogens is 240 g/mol. The normalized spacial score (nSPS) is 11.2. The molecule has 0 saturated heterocycles. The highest BCUT2D eigenvalue weighted by molar-refractivity contribution is 7.20. The molecule has 0 aliphatic heterocycles. The fourth-order valence-electron chi connectivity index (χ4n) is 1.72. The second-order valence-electron chi connectivity index (χ2n) is 4.32. The van der Waals surface area contributed by atoms with Crippen LogP contribution in [0.2, 0.25) is 18.1 Å². The van der Waals surface area contributed by atoms with E-state index in [4.69, 9.17) is 15.8 Å². The van der Waals surface area contributed by atoms with Crippen molar-refractivity contribution in [3.63, 3.8) is 0 Å². The molecule has 0 rings (SSSR count). The van der Waals surface area contributed by atoms with Crippen molar-refractivity contribution in [1.29, 1.82) is 0 Å². The molecule has 0 aromatic rings. The molecule has 0 N–H and O–H groups in total. The van der Waals surface area contributed by atoms with E-state index in [1.165, 1.54) is 0 Å². The summed E-state index contributed by atoms with van der Waals surface area (Å²) in [5.74, 6) is -0.305. The van der Waals surface area contributed by atoms with Crippen molar-refractivity contribution in [2.24, 2.45) is 0 Å². The monoisotopic (exact) mass is 262 g/mol. The second-order valence-corrected chi connectivity index (χ2v) is 10.5. The number of ether oxygens (including phenoxy) is 1. The third-order valence-electron chi connectivity index (χ3n) is 2.53. The minimum absolute atomic E-state index is 0.305. The van der Waals surface area contributed by atoms with Crippen molar-refractivity contribution in [2.45, 2.75) is 51.7 Å². The van der Waals surface area contributed by atoms with Crippen molar-refractivity contribution in [3.05, 3.63) is 12.2 Å².